The van der Waals surface area contributed by atoms with Crippen molar-refractivity contribution in [3.05, 3.63) is 71.3 Å². The zero-order chi connectivity index (χ0) is 20.0. The third-order valence-corrected chi connectivity index (χ3v) is 3.45. The van der Waals surface area contributed by atoms with E-state index in [0.29, 0.717) is 6.07 Å². The van der Waals surface area contributed by atoms with Crippen molar-refractivity contribution in [3.63, 3.8) is 0 Å². The van der Waals surface area contributed by atoms with Crippen LogP contribution in [0.25, 0.3) is 0 Å². The van der Waals surface area contributed by atoms with Crippen molar-refractivity contribution in [3.8, 4) is 0 Å². The van der Waals surface area contributed by atoms with Crippen LogP contribution in [0.2, 0.25) is 0 Å². The molecule has 0 saturated carbocycles. The summed E-state index contributed by atoms with van der Waals surface area (Å²) in [7, 11) is 1.29. The number of benzene rings is 2. The Morgan fingerprint density at radius 1 is 1.00 bits per heavy atom. The van der Waals surface area contributed by atoms with Gasteiger partial charge in [-0.3, -0.25) is 10.1 Å². The number of ether oxygens (including phenoxy) is 1. The zero-order valence-electron chi connectivity index (χ0n) is 14.0. The molecular weight excluding hydrogens is 365 g/mol. The highest BCUT2D eigenvalue weighted by atomic mass is 19.4. The van der Waals surface area contributed by atoms with Crippen LogP contribution < -0.4 is 10.6 Å². The molecule has 2 N–H and O–H groups in total. The number of rotatable bonds is 4. The molecule has 0 saturated heterocycles. The van der Waals surface area contributed by atoms with E-state index in [4.69, 9.17) is 4.74 Å². The van der Waals surface area contributed by atoms with Gasteiger partial charge in [0.1, 0.15) is 0 Å². The Balaban J connectivity index is 2.28. The predicted octanol–water partition coefficient (Wildman–Crippen LogP) is 3.06. The number of carbonyl (C=O) groups is 3. The molecule has 0 radical (unpaired) electrons. The summed E-state index contributed by atoms with van der Waals surface area (Å²) in [4.78, 5) is 35.9. The number of amides is 3. The number of carbonyl (C=O) groups excluding carboxylic acids is 3. The van der Waals surface area contributed by atoms with Crippen LogP contribution in [0.1, 0.15) is 27.6 Å². The predicted molar refractivity (Wildman–Crippen MR) is 88.6 cm³/mol. The fraction of sp³-hybridized carbons (Fsp3) is 0.167. The SMILES string of the molecule is CNC(=O)NC(=O)[C@H](OC(=O)c1cccc(C(F)(F)F)c1)c1ccccc1. The minimum absolute atomic E-state index is 0.249. The van der Waals surface area contributed by atoms with E-state index in [1.165, 1.54) is 19.2 Å². The summed E-state index contributed by atoms with van der Waals surface area (Å²) >= 11 is 0. The molecule has 1 atom stereocenters. The van der Waals surface area contributed by atoms with Crippen molar-refractivity contribution < 1.29 is 32.3 Å². The largest absolute Gasteiger partial charge is 0.444 e. The average molecular weight is 380 g/mol. The Kier molecular flexibility index (Phi) is 6.17. The summed E-state index contributed by atoms with van der Waals surface area (Å²) in [5.41, 5.74) is -1.15. The molecule has 0 spiro atoms. The first kappa shape index (κ1) is 20.0. The van der Waals surface area contributed by atoms with Crippen LogP contribution in [-0.4, -0.2) is 25.0 Å². The van der Waals surface area contributed by atoms with Crippen molar-refractivity contribution in [1.29, 1.82) is 0 Å². The van der Waals surface area contributed by atoms with Gasteiger partial charge in [-0.2, -0.15) is 13.2 Å². The van der Waals surface area contributed by atoms with Crippen LogP contribution in [-0.2, 0) is 15.7 Å². The van der Waals surface area contributed by atoms with Gasteiger partial charge in [0.25, 0.3) is 5.91 Å². The van der Waals surface area contributed by atoms with Gasteiger partial charge >= 0.3 is 18.2 Å². The van der Waals surface area contributed by atoms with E-state index in [-0.39, 0.29) is 11.1 Å². The lowest BCUT2D eigenvalue weighted by atomic mass is 10.1. The van der Waals surface area contributed by atoms with Crippen LogP contribution >= 0.6 is 0 Å². The molecule has 27 heavy (non-hydrogen) atoms. The van der Waals surface area contributed by atoms with E-state index >= 15 is 0 Å². The fourth-order valence-electron chi connectivity index (χ4n) is 2.14. The lowest BCUT2D eigenvalue weighted by Gasteiger charge is -2.18. The van der Waals surface area contributed by atoms with Gasteiger partial charge in [0.2, 0.25) is 6.10 Å². The first-order chi connectivity index (χ1) is 12.7. The third kappa shape index (κ3) is 5.30. The minimum atomic E-state index is -4.63. The van der Waals surface area contributed by atoms with Gasteiger partial charge in [0, 0.05) is 12.6 Å². The molecule has 3 amide bonds. The quantitative estimate of drug-likeness (QED) is 0.799. The Morgan fingerprint density at radius 3 is 2.26 bits per heavy atom. The monoisotopic (exact) mass is 380 g/mol. The van der Waals surface area contributed by atoms with Crippen LogP contribution in [0.15, 0.2) is 54.6 Å². The molecule has 0 aromatic heterocycles. The number of imide groups is 1. The maximum atomic E-state index is 12.8. The highest BCUT2D eigenvalue weighted by molar-refractivity contribution is 5.99. The second-order valence-electron chi connectivity index (χ2n) is 5.34. The summed E-state index contributed by atoms with van der Waals surface area (Å²) in [6.45, 7) is 0. The van der Waals surface area contributed by atoms with E-state index in [1.54, 1.807) is 18.2 Å². The normalized spacial score (nSPS) is 12.0. The molecule has 0 aliphatic rings. The van der Waals surface area contributed by atoms with E-state index in [1.807, 2.05) is 5.32 Å². The maximum absolute atomic E-state index is 12.8. The highest BCUT2D eigenvalue weighted by Gasteiger charge is 2.32. The average Bonchev–Trinajstić information content (AvgIpc) is 2.65. The summed E-state index contributed by atoms with van der Waals surface area (Å²) in [6, 6.07) is 10.6. The van der Waals surface area contributed by atoms with Gasteiger partial charge in [-0.15, -0.1) is 0 Å². The van der Waals surface area contributed by atoms with Gasteiger partial charge in [0.15, 0.2) is 0 Å². The maximum Gasteiger partial charge on any atom is 0.416 e. The Morgan fingerprint density at radius 2 is 1.67 bits per heavy atom. The van der Waals surface area contributed by atoms with Gasteiger partial charge < -0.3 is 10.1 Å². The molecule has 0 bridgehead atoms. The second kappa shape index (κ2) is 8.35. The molecule has 6 nitrogen and oxygen atoms in total. The number of urea groups is 1. The van der Waals surface area contributed by atoms with Gasteiger partial charge in [-0.1, -0.05) is 36.4 Å². The van der Waals surface area contributed by atoms with Crippen molar-refractivity contribution in [2.24, 2.45) is 0 Å². The summed E-state index contributed by atoms with van der Waals surface area (Å²) in [6.07, 6.45) is -6.16. The van der Waals surface area contributed by atoms with E-state index in [9.17, 15) is 27.6 Å². The minimum Gasteiger partial charge on any atom is -0.444 e. The first-order valence-corrected chi connectivity index (χ1v) is 7.68. The molecule has 0 unspecified atom stereocenters. The van der Waals surface area contributed by atoms with Gasteiger partial charge in [-0.25, -0.2) is 9.59 Å². The number of alkyl halides is 3. The molecule has 0 aliphatic carbocycles. The van der Waals surface area contributed by atoms with E-state index in [2.05, 4.69) is 5.32 Å². The number of halogens is 3. The third-order valence-electron chi connectivity index (χ3n) is 3.45. The lowest BCUT2D eigenvalue weighted by Crippen LogP contribution is -2.41. The molecule has 0 aliphatic heterocycles. The molecule has 2 aromatic carbocycles. The van der Waals surface area contributed by atoms with Crippen molar-refractivity contribution >= 4 is 17.9 Å². The van der Waals surface area contributed by atoms with Crippen molar-refractivity contribution in [1.82, 2.24) is 10.6 Å². The molecule has 2 aromatic rings. The van der Waals surface area contributed by atoms with Crippen LogP contribution in [0.4, 0.5) is 18.0 Å². The molecule has 2 rings (SSSR count). The van der Waals surface area contributed by atoms with Gasteiger partial charge in [0.05, 0.1) is 11.1 Å². The smallest absolute Gasteiger partial charge is 0.416 e. The van der Waals surface area contributed by atoms with Crippen LogP contribution in [0, 0.1) is 0 Å². The number of hydrogen-bond acceptors (Lipinski definition) is 4. The lowest BCUT2D eigenvalue weighted by molar-refractivity contribution is -0.137. The second-order valence-corrected chi connectivity index (χ2v) is 5.34. The molecule has 0 heterocycles. The standard InChI is InChI=1S/C18H15F3N2O4/c1-22-17(26)23-15(24)14(11-6-3-2-4-7-11)27-16(25)12-8-5-9-13(10-12)18(19,20)21/h2-10,14H,1H3,(H2,22,23,24,26)/t14-/m1/s1. The van der Waals surface area contributed by atoms with Crippen LogP contribution in [0.3, 0.4) is 0 Å². The Hall–Kier alpha value is -3.36. The van der Waals surface area contributed by atoms with E-state index < -0.39 is 35.8 Å². The number of esters is 1. The first-order valence-electron chi connectivity index (χ1n) is 7.68. The summed E-state index contributed by atoms with van der Waals surface area (Å²) in [5.74, 6) is -2.08. The summed E-state index contributed by atoms with van der Waals surface area (Å²) < 4.78 is 43.5. The Bertz CT molecular complexity index is 838. The topological polar surface area (TPSA) is 84.5 Å². The molecular formula is C18H15F3N2O4. The number of nitrogens with one attached hydrogen (secondary N) is 2. The van der Waals surface area contributed by atoms with Crippen LogP contribution in [0.5, 0.6) is 0 Å². The highest BCUT2D eigenvalue weighted by Crippen LogP contribution is 2.30. The van der Waals surface area contributed by atoms with E-state index in [0.717, 1.165) is 18.2 Å². The molecule has 142 valence electrons. The van der Waals surface area contributed by atoms with Gasteiger partial charge in [-0.05, 0) is 18.2 Å². The molecule has 9 heteroatoms. The fourth-order valence-corrected chi connectivity index (χ4v) is 2.14. The summed E-state index contributed by atoms with van der Waals surface area (Å²) in [5, 5.41) is 4.15. The Labute approximate surface area is 152 Å². The molecule has 0 fully saturated rings. The van der Waals surface area contributed by atoms with Crippen molar-refractivity contribution in [2.45, 2.75) is 12.3 Å². The zero-order valence-corrected chi connectivity index (χ0v) is 14.0. The number of hydrogen-bond donors (Lipinski definition) is 2. The van der Waals surface area contributed by atoms with Crippen molar-refractivity contribution in [2.75, 3.05) is 7.05 Å².